The summed E-state index contributed by atoms with van der Waals surface area (Å²) in [6, 6.07) is 0. The summed E-state index contributed by atoms with van der Waals surface area (Å²) in [7, 11) is 0. The van der Waals surface area contributed by atoms with Gasteiger partial charge in [-0.2, -0.15) is 0 Å². The summed E-state index contributed by atoms with van der Waals surface area (Å²) in [5.41, 5.74) is 4.84. The maximum absolute atomic E-state index is 5.75. The molecule has 2 aliphatic carbocycles. The lowest BCUT2D eigenvalue weighted by molar-refractivity contribution is 0.171. The van der Waals surface area contributed by atoms with Gasteiger partial charge in [0, 0.05) is 0 Å². The normalized spacial score (nSPS) is 32.0. The van der Waals surface area contributed by atoms with Crippen LogP contribution in [0.25, 0.3) is 0 Å². The Bertz CT molecular complexity index is 285. The van der Waals surface area contributed by atoms with Crippen molar-refractivity contribution in [1.29, 1.82) is 0 Å². The number of ether oxygens (including phenoxy) is 1. The Morgan fingerprint density at radius 3 is 3.00 bits per heavy atom. The predicted molar refractivity (Wildman–Crippen MR) is 52.3 cm³/mol. The van der Waals surface area contributed by atoms with Crippen LogP contribution in [0, 0.1) is 0 Å². The molecule has 0 amide bonds. The average molecular weight is 176 g/mol. The molecule has 0 bridgehead atoms. The van der Waals surface area contributed by atoms with Crippen molar-refractivity contribution in [3.8, 4) is 0 Å². The van der Waals surface area contributed by atoms with Gasteiger partial charge in [-0.15, -0.1) is 0 Å². The summed E-state index contributed by atoms with van der Waals surface area (Å²) in [5.74, 6) is 0. The Morgan fingerprint density at radius 1 is 1.08 bits per heavy atom. The van der Waals surface area contributed by atoms with Crippen LogP contribution >= 0.6 is 0 Å². The van der Waals surface area contributed by atoms with Crippen LogP contribution in [0.5, 0.6) is 0 Å². The number of hydrogen-bond acceptors (Lipinski definition) is 1. The first-order valence-electron chi connectivity index (χ1n) is 5.52. The van der Waals surface area contributed by atoms with Gasteiger partial charge in [0.2, 0.25) is 0 Å². The first-order valence-corrected chi connectivity index (χ1v) is 5.52. The highest BCUT2D eigenvalue weighted by molar-refractivity contribution is 5.41. The fraction of sp³-hybridized carbons (Fsp3) is 0.667. The van der Waals surface area contributed by atoms with Crippen molar-refractivity contribution in [1.82, 2.24) is 0 Å². The topological polar surface area (TPSA) is 9.23 Å². The molecule has 0 saturated heterocycles. The highest BCUT2D eigenvalue weighted by Gasteiger charge is 2.30. The molecular weight excluding hydrogens is 160 g/mol. The van der Waals surface area contributed by atoms with Gasteiger partial charge in [0.05, 0.1) is 6.26 Å². The Balaban J connectivity index is 2.00. The van der Waals surface area contributed by atoms with Crippen molar-refractivity contribution in [2.45, 2.75) is 51.0 Å². The second-order valence-electron chi connectivity index (χ2n) is 4.37. The minimum absolute atomic E-state index is 0.469. The molecule has 0 unspecified atom stereocenters. The van der Waals surface area contributed by atoms with E-state index in [1.165, 1.54) is 50.5 Å². The predicted octanol–water partition coefficient (Wildman–Crippen LogP) is 3.32. The van der Waals surface area contributed by atoms with E-state index < -0.39 is 0 Å². The van der Waals surface area contributed by atoms with Crippen molar-refractivity contribution in [2.24, 2.45) is 0 Å². The molecule has 3 rings (SSSR count). The van der Waals surface area contributed by atoms with Crippen molar-refractivity contribution in [2.75, 3.05) is 0 Å². The molecule has 0 aromatic heterocycles. The fourth-order valence-electron chi connectivity index (χ4n) is 2.90. The molecule has 3 aliphatic rings. The molecule has 1 heterocycles. The van der Waals surface area contributed by atoms with Crippen molar-refractivity contribution in [3.63, 3.8) is 0 Å². The van der Waals surface area contributed by atoms with Gasteiger partial charge in [0.1, 0.15) is 6.10 Å². The summed E-state index contributed by atoms with van der Waals surface area (Å²) in [4.78, 5) is 0. The summed E-state index contributed by atoms with van der Waals surface area (Å²) in [5, 5.41) is 0. The molecule has 0 aromatic rings. The van der Waals surface area contributed by atoms with Crippen LogP contribution in [0.2, 0.25) is 0 Å². The van der Waals surface area contributed by atoms with Gasteiger partial charge in [-0.1, -0.05) is 0 Å². The van der Waals surface area contributed by atoms with E-state index in [-0.39, 0.29) is 0 Å². The zero-order valence-corrected chi connectivity index (χ0v) is 8.01. The number of allylic oxidation sites excluding steroid dienone is 2. The Labute approximate surface area is 79.5 Å². The lowest BCUT2D eigenvalue weighted by Crippen LogP contribution is -2.16. The minimum Gasteiger partial charge on any atom is -0.493 e. The Kier molecular flexibility index (Phi) is 1.71. The molecule has 2 saturated carbocycles. The van der Waals surface area contributed by atoms with Gasteiger partial charge in [0.15, 0.2) is 0 Å². The maximum atomic E-state index is 5.75. The Morgan fingerprint density at radius 2 is 2.00 bits per heavy atom. The van der Waals surface area contributed by atoms with Crippen molar-refractivity contribution in [3.05, 3.63) is 23.0 Å². The summed E-state index contributed by atoms with van der Waals surface area (Å²) in [6.45, 7) is 0. The van der Waals surface area contributed by atoms with Crippen LogP contribution in [0.1, 0.15) is 44.9 Å². The molecule has 0 aromatic carbocycles. The van der Waals surface area contributed by atoms with E-state index >= 15 is 0 Å². The molecule has 70 valence electrons. The largest absolute Gasteiger partial charge is 0.493 e. The highest BCUT2D eigenvalue weighted by atomic mass is 16.5. The SMILES string of the molecule is C1=C2CCCCC2=C2CCC[C@@H]2O1. The van der Waals surface area contributed by atoms with Gasteiger partial charge < -0.3 is 4.74 Å². The number of fused-ring (bicyclic) bond motifs is 2. The second-order valence-corrected chi connectivity index (χ2v) is 4.37. The lowest BCUT2D eigenvalue weighted by atomic mass is 9.85. The Hall–Kier alpha value is -0.720. The third-order valence-corrected chi connectivity index (χ3v) is 3.57. The van der Waals surface area contributed by atoms with E-state index in [4.69, 9.17) is 4.74 Å². The standard InChI is InChI=1S/C12H16O/c1-2-5-10-9(4-1)8-13-12-7-3-6-11(10)12/h8,12H,1-7H2/t12-/m0/s1. The molecule has 1 aliphatic heterocycles. The first-order chi connectivity index (χ1) is 6.45. The van der Waals surface area contributed by atoms with Gasteiger partial charge in [-0.05, 0) is 61.7 Å². The van der Waals surface area contributed by atoms with E-state index in [2.05, 4.69) is 0 Å². The minimum atomic E-state index is 0.469. The molecule has 0 spiro atoms. The molecular formula is C12H16O. The van der Waals surface area contributed by atoms with Crippen LogP contribution in [0.15, 0.2) is 23.0 Å². The molecule has 1 heteroatoms. The quantitative estimate of drug-likeness (QED) is 0.550. The van der Waals surface area contributed by atoms with Crippen LogP contribution in [-0.2, 0) is 4.74 Å². The van der Waals surface area contributed by atoms with Crippen LogP contribution in [0.3, 0.4) is 0 Å². The molecule has 0 radical (unpaired) electrons. The van der Waals surface area contributed by atoms with Crippen LogP contribution < -0.4 is 0 Å². The zero-order chi connectivity index (χ0) is 8.67. The lowest BCUT2D eigenvalue weighted by Gasteiger charge is -2.28. The van der Waals surface area contributed by atoms with E-state index in [0.717, 1.165) is 0 Å². The van der Waals surface area contributed by atoms with Crippen molar-refractivity contribution < 1.29 is 4.74 Å². The number of rotatable bonds is 0. The molecule has 13 heavy (non-hydrogen) atoms. The fourth-order valence-corrected chi connectivity index (χ4v) is 2.90. The third-order valence-electron chi connectivity index (χ3n) is 3.57. The maximum Gasteiger partial charge on any atom is 0.119 e. The van der Waals surface area contributed by atoms with E-state index in [1.807, 2.05) is 6.26 Å². The zero-order valence-electron chi connectivity index (χ0n) is 8.01. The molecule has 1 atom stereocenters. The second kappa shape index (κ2) is 2.90. The summed E-state index contributed by atoms with van der Waals surface area (Å²) < 4.78 is 5.75. The molecule has 0 N–H and O–H groups in total. The van der Waals surface area contributed by atoms with Gasteiger partial charge >= 0.3 is 0 Å². The van der Waals surface area contributed by atoms with E-state index in [1.54, 1.807) is 11.1 Å². The van der Waals surface area contributed by atoms with Gasteiger partial charge in [0.25, 0.3) is 0 Å². The average Bonchev–Trinajstić information content (AvgIpc) is 2.65. The summed E-state index contributed by atoms with van der Waals surface area (Å²) in [6.07, 6.45) is 11.7. The molecule has 1 nitrogen and oxygen atoms in total. The summed E-state index contributed by atoms with van der Waals surface area (Å²) >= 11 is 0. The third kappa shape index (κ3) is 1.13. The van der Waals surface area contributed by atoms with E-state index in [9.17, 15) is 0 Å². The first kappa shape index (κ1) is 7.66. The van der Waals surface area contributed by atoms with Crippen LogP contribution in [-0.4, -0.2) is 6.10 Å². The monoisotopic (exact) mass is 176 g/mol. The number of hydrogen-bond donors (Lipinski definition) is 0. The molecule has 2 fully saturated rings. The van der Waals surface area contributed by atoms with E-state index in [0.29, 0.717) is 6.10 Å². The van der Waals surface area contributed by atoms with Gasteiger partial charge in [-0.3, -0.25) is 0 Å². The smallest absolute Gasteiger partial charge is 0.119 e. The highest BCUT2D eigenvalue weighted by Crippen LogP contribution is 2.41. The van der Waals surface area contributed by atoms with Gasteiger partial charge in [-0.25, -0.2) is 0 Å². The van der Waals surface area contributed by atoms with Crippen molar-refractivity contribution >= 4 is 0 Å². The van der Waals surface area contributed by atoms with Crippen LogP contribution in [0.4, 0.5) is 0 Å².